The molecule has 0 rings (SSSR count). The van der Waals surface area contributed by atoms with Crippen molar-refractivity contribution in [3.8, 4) is 0 Å². The van der Waals surface area contributed by atoms with Crippen LogP contribution < -0.4 is 0 Å². The number of unbranched alkanes of at least 4 members (excludes halogenated alkanes) is 17. The number of hydrogen-bond donors (Lipinski definition) is 1. The van der Waals surface area contributed by atoms with Crippen LogP contribution in [-0.4, -0.2) is 74.9 Å². The van der Waals surface area contributed by atoms with E-state index in [1.165, 1.54) is 57.8 Å². The van der Waals surface area contributed by atoms with Gasteiger partial charge in [-0.3, -0.25) is 18.6 Å². The highest BCUT2D eigenvalue weighted by molar-refractivity contribution is 7.47. The zero-order chi connectivity index (χ0) is 64.1. The molecule has 0 aliphatic carbocycles. The first-order valence-electron chi connectivity index (χ1n) is 34.5. The molecule has 0 saturated heterocycles. The molecule has 0 fully saturated rings. The molecule has 0 bridgehead atoms. The van der Waals surface area contributed by atoms with Crippen LogP contribution in [0.15, 0.2) is 182 Å². The van der Waals surface area contributed by atoms with Crippen LogP contribution in [0.3, 0.4) is 0 Å². The number of likely N-dealkylation sites (N-methyl/N-ethyl adjacent to an activating group) is 1. The number of carbonyl (C=O) groups is 2. The second-order valence-corrected chi connectivity index (χ2v) is 24.9. The van der Waals surface area contributed by atoms with Crippen molar-refractivity contribution >= 4 is 19.8 Å². The van der Waals surface area contributed by atoms with Crippen LogP contribution in [0.4, 0.5) is 0 Å². The summed E-state index contributed by atoms with van der Waals surface area (Å²) in [6, 6.07) is 0. The summed E-state index contributed by atoms with van der Waals surface area (Å²) < 4.78 is 34.7. The van der Waals surface area contributed by atoms with E-state index in [4.69, 9.17) is 18.5 Å². The fourth-order valence-electron chi connectivity index (χ4n) is 8.72. The molecule has 1 N–H and O–H groups in total. The third-order valence-electron chi connectivity index (χ3n) is 13.9. The molecule has 0 aromatic rings. The second-order valence-electron chi connectivity index (χ2n) is 23.4. The Morgan fingerprint density at radius 3 is 0.909 bits per heavy atom. The molecule has 2 unspecified atom stereocenters. The van der Waals surface area contributed by atoms with Crippen LogP contribution in [0.25, 0.3) is 0 Å². The molecule has 0 aromatic carbocycles. The van der Waals surface area contributed by atoms with E-state index in [0.717, 1.165) is 154 Å². The molecular formula is C78H127NO8P+. The lowest BCUT2D eigenvalue weighted by molar-refractivity contribution is -0.870. The molecule has 496 valence electrons. The number of phosphoric ester groups is 1. The van der Waals surface area contributed by atoms with Crippen LogP contribution in [0.2, 0.25) is 0 Å². The summed E-state index contributed by atoms with van der Waals surface area (Å²) in [5, 5.41) is 0. The molecule has 9 nitrogen and oxygen atoms in total. The third kappa shape index (κ3) is 70.2. The van der Waals surface area contributed by atoms with E-state index in [2.05, 4.69) is 196 Å². The Morgan fingerprint density at radius 1 is 0.352 bits per heavy atom. The number of esters is 2. The lowest BCUT2D eigenvalue weighted by Gasteiger charge is -2.24. The SMILES string of the molecule is CC/C=C\C/C=C\C/C=C\C/C=C\C/C=C\C/C=C\C/C=C\C/C=C\CCCCCCCCCCC(=O)OC(COC(=O)CCCCCCCCCCC/C=C\C/C=C\C/C=C\C/C=C\C/C=C\C/C=C\C/C=C\CC)COP(=O)(O)OCC[N+](C)(C)C. The number of nitrogens with zero attached hydrogens (tertiary/aromatic N) is 1. The van der Waals surface area contributed by atoms with Gasteiger partial charge in [-0.1, -0.05) is 280 Å². The van der Waals surface area contributed by atoms with Gasteiger partial charge < -0.3 is 18.9 Å². The van der Waals surface area contributed by atoms with Crippen LogP contribution >= 0.6 is 7.82 Å². The summed E-state index contributed by atoms with van der Waals surface area (Å²) in [6.45, 7) is 4.17. The monoisotopic (exact) mass is 1240 g/mol. The van der Waals surface area contributed by atoms with Gasteiger partial charge in [-0.25, -0.2) is 4.57 Å². The molecule has 10 heteroatoms. The largest absolute Gasteiger partial charge is 0.472 e. The van der Waals surface area contributed by atoms with E-state index in [1.807, 2.05) is 21.1 Å². The molecule has 0 heterocycles. The van der Waals surface area contributed by atoms with Crippen molar-refractivity contribution in [2.24, 2.45) is 0 Å². The number of carbonyl (C=O) groups excluding carboxylic acids is 2. The van der Waals surface area contributed by atoms with Crippen molar-refractivity contribution < 1.29 is 42.1 Å². The van der Waals surface area contributed by atoms with E-state index < -0.39 is 26.5 Å². The summed E-state index contributed by atoms with van der Waals surface area (Å²) in [5.74, 6) is -0.826. The van der Waals surface area contributed by atoms with E-state index in [1.54, 1.807) is 0 Å². The van der Waals surface area contributed by atoms with Crippen molar-refractivity contribution in [1.82, 2.24) is 0 Å². The topological polar surface area (TPSA) is 108 Å². The standard InChI is InChI=1S/C78H126NO8P/c1-6-8-10-12-14-16-18-20-22-24-26-28-30-32-34-36-38-39-41-43-45-47-49-51-53-55-57-59-61-63-65-67-69-71-78(81)87-76(75-86-88(82,83)85-73-72-79(3,4)5)74-84-77(80)70-68-66-64-62-60-58-56-54-52-50-48-46-44-42-40-37-35-33-31-29-27-25-23-21-19-17-15-13-11-9-7-2/h8-11,14-17,20-23,26-29,32-35,38-40,42-43,45-46,48-49,51,76H,6-7,12-13,18-19,24-25,30-31,36-37,41,44,47,50,52-75H2,1-5H3/p+1/b10-8-,11-9-,16-14-,17-15-,22-20-,23-21-,28-26-,29-27-,34-32-,35-33-,39-38-,42-40-,45-43-,48-46-,51-49-. The van der Waals surface area contributed by atoms with Gasteiger partial charge in [0.25, 0.3) is 0 Å². The molecule has 0 aromatic heterocycles. The van der Waals surface area contributed by atoms with Gasteiger partial charge in [0.2, 0.25) is 0 Å². The van der Waals surface area contributed by atoms with Gasteiger partial charge >= 0.3 is 19.8 Å². The van der Waals surface area contributed by atoms with Crippen LogP contribution in [0.5, 0.6) is 0 Å². The average Bonchev–Trinajstić information content (AvgIpc) is 3.56. The summed E-state index contributed by atoms with van der Waals surface area (Å²) in [7, 11) is 1.44. The first-order chi connectivity index (χ1) is 43.0. The molecule has 0 spiro atoms. The number of quaternary nitrogens is 1. The second kappa shape index (κ2) is 66.5. The maximum Gasteiger partial charge on any atom is 0.472 e. The van der Waals surface area contributed by atoms with Gasteiger partial charge in [-0.2, -0.15) is 0 Å². The zero-order valence-electron chi connectivity index (χ0n) is 56.4. The first-order valence-corrected chi connectivity index (χ1v) is 36.0. The highest BCUT2D eigenvalue weighted by atomic mass is 31.2. The quantitative estimate of drug-likeness (QED) is 0.0211. The fourth-order valence-corrected chi connectivity index (χ4v) is 9.46. The number of rotatable bonds is 61. The van der Waals surface area contributed by atoms with Crippen LogP contribution in [0, 0.1) is 0 Å². The van der Waals surface area contributed by atoms with Gasteiger partial charge in [0.05, 0.1) is 27.7 Å². The maximum absolute atomic E-state index is 12.9. The van der Waals surface area contributed by atoms with E-state index in [0.29, 0.717) is 17.4 Å². The smallest absolute Gasteiger partial charge is 0.462 e. The van der Waals surface area contributed by atoms with Crippen molar-refractivity contribution in [2.45, 2.75) is 251 Å². The lowest BCUT2D eigenvalue weighted by Crippen LogP contribution is -2.37. The Bertz CT molecular complexity index is 2140. The molecule has 0 radical (unpaired) electrons. The first kappa shape index (κ1) is 83.1. The normalized spacial score (nSPS) is 14.3. The number of hydrogen-bond acceptors (Lipinski definition) is 7. The van der Waals surface area contributed by atoms with Crippen molar-refractivity contribution in [3.05, 3.63) is 182 Å². The predicted molar refractivity (Wildman–Crippen MR) is 380 cm³/mol. The molecule has 2 atom stereocenters. The summed E-state index contributed by atoms with van der Waals surface area (Å²) >= 11 is 0. The third-order valence-corrected chi connectivity index (χ3v) is 14.9. The lowest BCUT2D eigenvalue weighted by atomic mass is 10.1. The summed E-state index contributed by atoms with van der Waals surface area (Å²) in [5.41, 5.74) is 0. The van der Waals surface area contributed by atoms with Crippen molar-refractivity contribution in [3.63, 3.8) is 0 Å². The van der Waals surface area contributed by atoms with Gasteiger partial charge in [-0.15, -0.1) is 0 Å². The van der Waals surface area contributed by atoms with Crippen LogP contribution in [0.1, 0.15) is 245 Å². The Morgan fingerprint density at radius 2 is 0.614 bits per heavy atom. The maximum atomic E-state index is 12.9. The zero-order valence-corrected chi connectivity index (χ0v) is 57.3. The van der Waals surface area contributed by atoms with Gasteiger partial charge in [0.1, 0.15) is 19.8 Å². The van der Waals surface area contributed by atoms with Gasteiger partial charge in [0, 0.05) is 12.8 Å². The van der Waals surface area contributed by atoms with Crippen molar-refractivity contribution in [1.29, 1.82) is 0 Å². The Kier molecular flexibility index (Phi) is 62.8. The van der Waals surface area contributed by atoms with Gasteiger partial charge in [0.15, 0.2) is 6.10 Å². The number of phosphoric acid groups is 1. The van der Waals surface area contributed by atoms with E-state index in [-0.39, 0.29) is 32.0 Å². The minimum absolute atomic E-state index is 0.0188. The van der Waals surface area contributed by atoms with Crippen molar-refractivity contribution in [2.75, 3.05) is 47.5 Å². The average molecular weight is 1240 g/mol. The van der Waals surface area contributed by atoms with E-state index in [9.17, 15) is 19.0 Å². The molecule has 0 aliphatic heterocycles. The molecule has 88 heavy (non-hydrogen) atoms. The Balaban J connectivity index is 4.18. The molecular weight excluding hydrogens is 1110 g/mol. The summed E-state index contributed by atoms with van der Waals surface area (Å²) in [4.78, 5) is 35.9. The molecule has 0 saturated carbocycles. The van der Waals surface area contributed by atoms with Gasteiger partial charge in [-0.05, 0) is 135 Å². The molecule has 0 amide bonds. The number of allylic oxidation sites excluding steroid dienone is 30. The Hall–Kier alpha value is -4.89. The summed E-state index contributed by atoms with van der Waals surface area (Å²) in [6.07, 6.45) is 103. The minimum atomic E-state index is -4.41. The number of ether oxygens (including phenoxy) is 2. The highest BCUT2D eigenvalue weighted by Gasteiger charge is 2.27. The van der Waals surface area contributed by atoms with Crippen LogP contribution in [-0.2, 0) is 32.7 Å². The van der Waals surface area contributed by atoms with E-state index >= 15 is 0 Å². The minimum Gasteiger partial charge on any atom is -0.462 e. The fraction of sp³-hybridized carbons (Fsp3) is 0.590. The predicted octanol–water partition coefficient (Wildman–Crippen LogP) is 22.7. The highest BCUT2D eigenvalue weighted by Crippen LogP contribution is 2.43. The Labute approximate surface area is 540 Å². The molecule has 0 aliphatic rings.